The summed E-state index contributed by atoms with van der Waals surface area (Å²) < 4.78 is 32.4. The fraction of sp³-hybridized carbons (Fsp3) is 0.242. The molecule has 0 saturated carbocycles. The first-order chi connectivity index (χ1) is 21.8. The molecule has 0 unspecified atom stereocenters. The Labute approximate surface area is 291 Å². The van der Waals surface area contributed by atoms with Crippen LogP contribution in [0.1, 0.15) is 36.6 Å². The summed E-state index contributed by atoms with van der Waals surface area (Å²) in [5.41, 5.74) is 2.39. The third kappa shape index (κ3) is 7.22. The summed E-state index contributed by atoms with van der Waals surface area (Å²) in [6.07, 6.45) is 3.26. The van der Waals surface area contributed by atoms with Gasteiger partial charge in [0, 0.05) is 9.77 Å². The average molecular weight is 852 g/mol. The van der Waals surface area contributed by atoms with E-state index < -0.39 is 12.0 Å². The summed E-state index contributed by atoms with van der Waals surface area (Å²) in [6, 6.07) is 16.5. The first-order valence-electron chi connectivity index (χ1n) is 14.0. The maximum Gasteiger partial charge on any atom is 0.337 e. The molecule has 2 heterocycles. The van der Waals surface area contributed by atoms with E-state index in [1.165, 1.54) is 29.2 Å². The highest BCUT2D eigenvalue weighted by Crippen LogP contribution is 2.36. The smallest absolute Gasteiger partial charge is 0.337 e. The van der Waals surface area contributed by atoms with E-state index in [1.807, 2.05) is 56.3 Å². The Kier molecular flexibility index (Phi) is 10.9. The Bertz CT molecular complexity index is 1930. The number of hydrogen-bond acceptors (Lipinski definition) is 9. The van der Waals surface area contributed by atoms with Gasteiger partial charge in [-0.3, -0.25) is 9.36 Å². The number of fused-ring (bicyclic) bond motifs is 1. The highest BCUT2D eigenvalue weighted by atomic mass is 127. The summed E-state index contributed by atoms with van der Waals surface area (Å²) in [5, 5.41) is 0. The van der Waals surface area contributed by atoms with E-state index >= 15 is 0 Å². The Morgan fingerprint density at radius 3 is 2.38 bits per heavy atom. The Morgan fingerprint density at radius 2 is 1.69 bits per heavy atom. The van der Waals surface area contributed by atoms with Crippen LogP contribution in [0.2, 0.25) is 0 Å². The first-order valence-corrected chi connectivity index (χ1v) is 17.0. The highest BCUT2D eigenvalue weighted by Gasteiger charge is 2.31. The van der Waals surface area contributed by atoms with E-state index in [0.717, 1.165) is 18.3 Å². The number of thiazole rings is 1. The first kappa shape index (κ1) is 33.0. The fourth-order valence-electron chi connectivity index (χ4n) is 4.84. The number of methoxy groups -OCH3 is 2. The number of carbonyl (C=O) groups excluding carboxylic acids is 1. The normalized spacial score (nSPS) is 14.2. The van der Waals surface area contributed by atoms with E-state index in [2.05, 4.69) is 50.2 Å². The molecule has 1 aliphatic heterocycles. The minimum Gasteiger partial charge on any atom is -0.493 e. The fourth-order valence-corrected chi connectivity index (χ4v) is 6.95. The standard InChI is InChI=1S/C33H30I2N2O7S/c1-5-42-25-12-9-21(16-26(25)43-6-2)29-23(32(39)41-4)17-36-33-37(29)31(38)28(45-33)15-20-13-24(35)30(27(14-20)40-3)44-18-19-7-10-22(34)11-8-19/h7-17,29H,5-6,18H2,1-4H3/b28-15-/t29-/m0/s1. The molecule has 1 aliphatic rings. The minimum atomic E-state index is -0.780. The molecular weight excluding hydrogens is 822 g/mol. The van der Waals surface area contributed by atoms with E-state index in [1.54, 1.807) is 25.3 Å². The molecule has 1 atom stereocenters. The lowest BCUT2D eigenvalue weighted by atomic mass is 9.97. The van der Waals surface area contributed by atoms with E-state index in [-0.39, 0.29) is 11.1 Å². The molecule has 4 aromatic rings. The monoisotopic (exact) mass is 852 g/mol. The van der Waals surface area contributed by atoms with Crippen molar-refractivity contribution < 1.29 is 28.5 Å². The van der Waals surface area contributed by atoms with Gasteiger partial charge in [-0.05, 0) is 118 Å². The number of benzene rings is 3. The highest BCUT2D eigenvalue weighted by molar-refractivity contribution is 14.1. The zero-order chi connectivity index (χ0) is 32.1. The molecule has 1 aromatic heterocycles. The van der Waals surface area contributed by atoms with Gasteiger partial charge in [-0.1, -0.05) is 29.5 Å². The van der Waals surface area contributed by atoms with E-state index in [9.17, 15) is 9.59 Å². The number of esters is 1. The maximum absolute atomic E-state index is 14.0. The number of aromatic nitrogens is 1. The van der Waals surface area contributed by atoms with Crippen LogP contribution >= 0.6 is 56.5 Å². The molecule has 0 fully saturated rings. The molecule has 0 spiro atoms. The predicted octanol–water partition coefficient (Wildman–Crippen LogP) is 5.61. The van der Waals surface area contributed by atoms with Gasteiger partial charge >= 0.3 is 5.97 Å². The van der Waals surface area contributed by atoms with Crippen LogP contribution in [0, 0.1) is 7.14 Å². The third-order valence-corrected chi connectivity index (χ3v) is 9.37. The zero-order valence-electron chi connectivity index (χ0n) is 25.0. The van der Waals surface area contributed by atoms with Gasteiger partial charge in [-0.25, -0.2) is 9.79 Å². The predicted molar refractivity (Wildman–Crippen MR) is 189 cm³/mol. The molecule has 234 valence electrons. The van der Waals surface area contributed by atoms with Gasteiger partial charge in [0.05, 0.1) is 47.2 Å². The van der Waals surface area contributed by atoms with Crippen LogP contribution in [0.25, 0.3) is 6.08 Å². The van der Waals surface area contributed by atoms with Crippen molar-refractivity contribution in [1.82, 2.24) is 4.57 Å². The van der Waals surface area contributed by atoms with Gasteiger partial charge in [-0.15, -0.1) is 0 Å². The maximum atomic E-state index is 14.0. The molecule has 0 radical (unpaired) electrons. The lowest BCUT2D eigenvalue weighted by Crippen LogP contribution is -2.39. The lowest BCUT2D eigenvalue weighted by Gasteiger charge is -2.23. The van der Waals surface area contributed by atoms with Gasteiger partial charge in [0.1, 0.15) is 6.61 Å². The van der Waals surface area contributed by atoms with Crippen molar-refractivity contribution in [2.75, 3.05) is 27.4 Å². The van der Waals surface area contributed by atoms with Crippen LogP contribution in [0.3, 0.4) is 0 Å². The summed E-state index contributed by atoms with van der Waals surface area (Å²) in [7, 11) is 2.89. The van der Waals surface area contributed by atoms with Crippen LogP contribution in [-0.2, 0) is 16.1 Å². The van der Waals surface area contributed by atoms with Crippen LogP contribution in [0.5, 0.6) is 23.0 Å². The molecule has 0 aliphatic carbocycles. The van der Waals surface area contributed by atoms with Crippen LogP contribution in [-0.4, -0.2) is 38.0 Å². The lowest BCUT2D eigenvalue weighted by molar-refractivity contribution is -0.136. The van der Waals surface area contributed by atoms with Crippen LogP contribution < -0.4 is 33.8 Å². The molecule has 12 heteroatoms. The number of halogens is 2. The minimum absolute atomic E-state index is 0.230. The second-order valence-corrected chi connectivity index (χ2v) is 13.1. The van der Waals surface area contributed by atoms with Gasteiger partial charge in [-0.2, -0.15) is 0 Å². The van der Waals surface area contributed by atoms with Gasteiger partial charge in [0.2, 0.25) is 0 Å². The number of rotatable bonds is 11. The quantitative estimate of drug-likeness (QED) is 0.143. The topological polar surface area (TPSA) is 97.6 Å². The molecule has 0 N–H and O–H groups in total. The molecule has 0 bridgehead atoms. The molecule has 0 saturated heterocycles. The van der Waals surface area contributed by atoms with Crippen LogP contribution in [0.4, 0.5) is 0 Å². The summed E-state index contributed by atoms with van der Waals surface area (Å²) >= 11 is 5.71. The van der Waals surface area contributed by atoms with Gasteiger partial charge in [0.15, 0.2) is 27.8 Å². The second kappa shape index (κ2) is 14.8. The molecule has 3 aromatic carbocycles. The SMILES string of the molecule is CCOc1ccc([C@H]2C(C(=O)OC)=CN=c3s/c(=C\c4cc(I)c(OCc5ccc(I)cc5)c(OC)c4)c(=O)n32)cc1OCC. The van der Waals surface area contributed by atoms with Crippen molar-refractivity contribution in [1.29, 1.82) is 0 Å². The van der Waals surface area contributed by atoms with Crippen molar-refractivity contribution in [2.45, 2.75) is 26.5 Å². The van der Waals surface area contributed by atoms with E-state index in [0.29, 0.717) is 57.7 Å². The van der Waals surface area contributed by atoms with E-state index in [4.69, 9.17) is 23.7 Å². The Balaban J connectivity index is 1.56. The molecule has 45 heavy (non-hydrogen) atoms. The van der Waals surface area contributed by atoms with Crippen molar-refractivity contribution in [3.8, 4) is 23.0 Å². The number of ether oxygens (including phenoxy) is 5. The Morgan fingerprint density at radius 1 is 0.956 bits per heavy atom. The number of carbonyl (C=O) groups is 1. The molecular formula is C33H30I2N2O7S. The summed E-state index contributed by atoms with van der Waals surface area (Å²) in [4.78, 5) is 31.8. The Hall–Kier alpha value is -3.37. The largest absolute Gasteiger partial charge is 0.493 e. The molecule has 0 amide bonds. The van der Waals surface area contributed by atoms with Crippen LogP contribution in [0.15, 0.2) is 76.2 Å². The molecule has 5 rings (SSSR count). The summed E-state index contributed by atoms with van der Waals surface area (Å²) in [5.74, 6) is 1.69. The second-order valence-electron chi connectivity index (χ2n) is 9.70. The van der Waals surface area contributed by atoms with Gasteiger partial charge in [0.25, 0.3) is 5.56 Å². The average Bonchev–Trinajstić information content (AvgIpc) is 3.35. The zero-order valence-corrected chi connectivity index (χ0v) is 30.1. The number of hydrogen-bond donors (Lipinski definition) is 0. The van der Waals surface area contributed by atoms with Crippen molar-refractivity contribution in [2.24, 2.45) is 4.99 Å². The van der Waals surface area contributed by atoms with Crippen molar-refractivity contribution in [3.63, 3.8) is 0 Å². The number of nitrogens with zero attached hydrogens (tertiary/aromatic N) is 2. The van der Waals surface area contributed by atoms with Gasteiger partial charge < -0.3 is 23.7 Å². The van der Waals surface area contributed by atoms with Crippen molar-refractivity contribution >= 4 is 68.6 Å². The third-order valence-electron chi connectivity index (χ3n) is 6.85. The van der Waals surface area contributed by atoms with Crippen molar-refractivity contribution in [3.05, 3.63) is 110 Å². The molecule has 9 nitrogen and oxygen atoms in total. The summed E-state index contributed by atoms with van der Waals surface area (Å²) in [6.45, 7) is 5.04.